The van der Waals surface area contributed by atoms with Crippen LogP contribution in [0, 0.1) is 10.1 Å². The first-order chi connectivity index (χ1) is 7.23. The van der Waals surface area contributed by atoms with E-state index >= 15 is 0 Å². The Balaban J connectivity index is 3.39. The summed E-state index contributed by atoms with van der Waals surface area (Å²) in [6, 6.07) is 2.25. The van der Waals surface area contributed by atoms with E-state index < -0.39 is 28.5 Å². The van der Waals surface area contributed by atoms with Gasteiger partial charge in [0.15, 0.2) is 0 Å². The van der Waals surface area contributed by atoms with Crippen molar-refractivity contribution in [1.82, 2.24) is 0 Å². The average molecular weight is 235 g/mol. The molecule has 1 aromatic carbocycles. The van der Waals surface area contributed by atoms with Crippen LogP contribution in [0.3, 0.4) is 0 Å². The third-order valence-electron chi connectivity index (χ3n) is 2.00. The Morgan fingerprint density at radius 1 is 1.44 bits per heavy atom. The molecule has 0 aromatic heterocycles. The molecule has 0 aliphatic rings. The van der Waals surface area contributed by atoms with Crippen LogP contribution in [0.4, 0.5) is 18.9 Å². The van der Waals surface area contributed by atoms with E-state index in [4.69, 9.17) is 5.11 Å². The molecule has 88 valence electrons. The van der Waals surface area contributed by atoms with Crippen LogP contribution in [0.15, 0.2) is 18.2 Å². The van der Waals surface area contributed by atoms with Gasteiger partial charge in [0.25, 0.3) is 5.69 Å². The molecule has 0 spiro atoms. The number of aliphatic hydroxyl groups is 1. The largest absolute Gasteiger partial charge is 0.417 e. The fraction of sp³-hybridized carbons (Fsp3) is 0.333. The van der Waals surface area contributed by atoms with Crippen molar-refractivity contribution < 1.29 is 23.2 Å². The van der Waals surface area contributed by atoms with Gasteiger partial charge in [-0.2, -0.15) is 13.2 Å². The lowest BCUT2D eigenvalue weighted by atomic mass is 10.0. The van der Waals surface area contributed by atoms with E-state index in [9.17, 15) is 23.3 Å². The van der Waals surface area contributed by atoms with Gasteiger partial charge in [0, 0.05) is 12.1 Å². The number of hydrogen-bond donors (Lipinski definition) is 1. The summed E-state index contributed by atoms with van der Waals surface area (Å²) >= 11 is 0. The molecule has 0 radical (unpaired) electrons. The van der Waals surface area contributed by atoms with E-state index in [1.165, 1.54) is 0 Å². The predicted octanol–water partition coefficient (Wildman–Crippen LogP) is 2.67. The summed E-state index contributed by atoms with van der Waals surface area (Å²) in [6.07, 6.45) is -6.06. The number of nitrogens with zero attached hydrogens (tertiary/aromatic N) is 1. The topological polar surface area (TPSA) is 63.4 Å². The maximum Gasteiger partial charge on any atom is 0.417 e. The van der Waals surface area contributed by atoms with E-state index in [-0.39, 0.29) is 5.56 Å². The second-order valence-corrected chi connectivity index (χ2v) is 3.20. The summed E-state index contributed by atoms with van der Waals surface area (Å²) in [7, 11) is 0. The lowest BCUT2D eigenvalue weighted by Gasteiger charge is -2.14. The Kier molecular flexibility index (Phi) is 3.18. The van der Waals surface area contributed by atoms with Crippen molar-refractivity contribution in [3.8, 4) is 0 Å². The monoisotopic (exact) mass is 235 g/mol. The minimum absolute atomic E-state index is 0.377. The smallest absolute Gasteiger partial charge is 0.389 e. The van der Waals surface area contributed by atoms with E-state index in [1.54, 1.807) is 0 Å². The van der Waals surface area contributed by atoms with E-state index in [1.807, 2.05) is 0 Å². The van der Waals surface area contributed by atoms with E-state index in [2.05, 4.69) is 0 Å². The van der Waals surface area contributed by atoms with Crippen LogP contribution in [-0.4, -0.2) is 10.0 Å². The Morgan fingerprint density at radius 3 is 2.38 bits per heavy atom. The second kappa shape index (κ2) is 4.09. The zero-order valence-electron chi connectivity index (χ0n) is 8.15. The molecule has 1 atom stereocenters. The number of nitro benzene ring substituents is 1. The molecular formula is C9H8F3NO3. The van der Waals surface area contributed by atoms with Crippen LogP contribution in [0.5, 0.6) is 0 Å². The number of alkyl halides is 3. The quantitative estimate of drug-likeness (QED) is 0.633. The summed E-state index contributed by atoms with van der Waals surface area (Å²) in [5, 5.41) is 19.5. The molecule has 0 aliphatic carbocycles. The number of aliphatic hydroxyl groups excluding tert-OH is 1. The standard InChI is InChI=1S/C9H8F3NO3/c1-5(14)7-3-2-6(13(15)16)4-8(7)9(10,11)12/h2-5,14H,1H3. The van der Waals surface area contributed by atoms with Gasteiger partial charge in [-0.25, -0.2) is 0 Å². The first-order valence-corrected chi connectivity index (χ1v) is 4.27. The van der Waals surface area contributed by atoms with Crippen molar-refractivity contribution in [3.63, 3.8) is 0 Å². The van der Waals surface area contributed by atoms with Gasteiger partial charge in [0.2, 0.25) is 0 Å². The van der Waals surface area contributed by atoms with Crippen LogP contribution in [-0.2, 0) is 6.18 Å². The highest BCUT2D eigenvalue weighted by atomic mass is 19.4. The molecule has 0 fully saturated rings. The second-order valence-electron chi connectivity index (χ2n) is 3.20. The van der Waals surface area contributed by atoms with Crippen molar-refractivity contribution in [2.24, 2.45) is 0 Å². The molecule has 1 aromatic rings. The van der Waals surface area contributed by atoms with Crippen LogP contribution in [0.2, 0.25) is 0 Å². The number of nitro groups is 1. The first kappa shape index (κ1) is 12.4. The number of rotatable bonds is 2. The Bertz CT molecular complexity index is 415. The lowest BCUT2D eigenvalue weighted by Crippen LogP contribution is -2.11. The van der Waals surface area contributed by atoms with Crippen molar-refractivity contribution in [2.45, 2.75) is 19.2 Å². The van der Waals surface area contributed by atoms with Crippen LogP contribution >= 0.6 is 0 Å². The fourth-order valence-corrected chi connectivity index (χ4v) is 1.27. The normalized spacial score (nSPS) is 13.6. The molecule has 0 aliphatic heterocycles. The Morgan fingerprint density at radius 2 is 2.00 bits per heavy atom. The van der Waals surface area contributed by atoms with Gasteiger partial charge >= 0.3 is 6.18 Å². The maximum atomic E-state index is 12.5. The minimum atomic E-state index is -4.72. The average Bonchev–Trinajstić information content (AvgIpc) is 2.15. The molecule has 1 unspecified atom stereocenters. The van der Waals surface area contributed by atoms with Gasteiger partial charge in [0.05, 0.1) is 16.6 Å². The molecule has 0 saturated heterocycles. The molecule has 4 nitrogen and oxygen atoms in total. The maximum absolute atomic E-state index is 12.5. The number of non-ortho nitro benzene ring substituents is 1. The first-order valence-electron chi connectivity index (χ1n) is 4.27. The van der Waals surface area contributed by atoms with Crippen LogP contribution in [0.25, 0.3) is 0 Å². The van der Waals surface area contributed by atoms with E-state index in [0.29, 0.717) is 6.07 Å². The highest BCUT2D eigenvalue weighted by Gasteiger charge is 2.35. The van der Waals surface area contributed by atoms with Gasteiger partial charge < -0.3 is 5.11 Å². The van der Waals surface area contributed by atoms with Crippen molar-refractivity contribution in [3.05, 3.63) is 39.4 Å². The summed E-state index contributed by atoms with van der Waals surface area (Å²) < 4.78 is 37.6. The van der Waals surface area contributed by atoms with Gasteiger partial charge in [0.1, 0.15) is 0 Å². The molecule has 0 heterocycles. The third kappa shape index (κ3) is 2.48. The molecule has 0 bridgehead atoms. The SMILES string of the molecule is CC(O)c1ccc([N+](=O)[O-])cc1C(F)(F)F. The number of benzene rings is 1. The number of halogens is 3. The van der Waals surface area contributed by atoms with Crippen molar-refractivity contribution in [2.75, 3.05) is 0 Å². The Labute approximate surface area is 88.5 Å². The summed E-state index contributed by atoms with van der Waals surface area (Å²) in [5.74, 6) is 0. The molecule has 1 N–H and O–H groups in total. The zero-order valence-corrected chi connectivity index (χ0v) is 8.15. The zero-order chi connectivity index (χ0) is 12.5. The van der Waals surface area contributed by atoms with Gasteiger partial charge in [-0.1, -0.05) is 0 Å². The highest BCUT2D eigenvalue weighted by Crippen LogP contribution is 2.36. The van der Waals surface area contributed by atoms with Crippen molar-refractivity contribution in [1.29, 1.82) is 0 Å². The molecular weight excluding hydrogens is 227 g/mol. The van der Waals surface area contributed by atoms with Crippen LogP contribution < -0.4 is 0 Å². The van der Waals surface area contributed by atoms with Gasteiger partial charge in [-0.15, -0.1) is 0 Å². The van der Waals surface area contributed by atoms with Gasteiger partial charge in [-0.3, -0.25) is 10.1 Å². The molecule has 1 rings (SSSR count). The third-order valence-corrected chi connectivity index (χ3v) is 2.00. The summed E-state index contributed by atoms with van der Waals surface area (Å²) in [5.41, 5.74) is -2.22. The predicted molar refractivity (Wildman–Crippen MR) is 48.7 cm³/mol. The lowest BCUT2D eigenvalue weighted by molar-refractivity contribution is -0.385. The van der Waals surface area contributed by atoms with E-state index in [0.717, 1.165) is 19.1 Å². The fourth-order valence-electron chi connectivity index (χ4n) is 1.27. The van der Waals surface area contributed by atoms with Crippen LogP contribution in [0.1, 0.15) is 24.2 Å². The molecule has 7 heteroatoms. The molecule has 0 saturated carbocycles. The minimum Gasteiger partial charge on any atom is -0.389 e. The Hall–Kier alpha value is -1.63. The summed E-state index contributed by atoms with van der Waals surface area (Å²) in [6.45, 7) is 1.16. The number of hydrogen-bond acceptors (Lipinski definition) is 3. The highest BCUT2D eigenvalue weighted by molar-refractivity contribution is 5.42. The summed E-state index contributed by atoms with van der Waals surface area (Å²) in [4.78, 5) is 9.42. The van der Waals surface area contributed by atoms with Crippen molar-refractivity contribution >= 4 is 5.69 Å². The molecule has 16 heavy (non-hydrogen) atoms. The van der Waals surface area contributed by atoms with Gasteiger partial charge in [-0.05, 0) is 18.6 Å². The molecule has 0 amide bonds.